The number of piperidine rings is 1. The summed E-state index contributed by atoms with van der Waals surface area (Å²) in [6.07, 6.45) is 4.50. The second-order valence-electron chi connectivity index (χ2n) is 7.45. The average molecular weight is 379 g/mol. The van der Waals surface area contributed by atoms with Crippen LogP contribution in [-0.4, -0.2) is 39.2 Å². The van der Waals surface area contributed by atoms with Crippen molar-refractivity contribution in [2.45, 2.75) is 37.9 Å². The van der Waals surface area contributed by atoms with Crippen LogP contribution >= 0.6 is 0 Å². The fourth-order valence-corrected chi connectivity index (χ4v) is 3.92. The maximum atomic E-state index is 13.4. The van der Waals surface area contributed by atoms with E-state index in [1.54, 1.807) is 18.5 Å². The van der Waals surface area contributed by atoms with Gasteiger partial charge in [0.15, 0.2) is 0 Å². The van der Waals surface area contributed by atoms with Crippen LogP contribution in [0.1, 0.15) is 35.8 Å². The lowest BCUT2D eigenvalue weighted by molar-refractivity contribution is 0.183. The largest absolute Gasteiger partial charge is 0.307 e. The van der Waals surface area contributed by atoms with Crippen molar-refractivity contribution in [1.82, 2.24) is 25.4 Å². The molecule has 3 aromatic rings. The number of hydrogen-bond acceptors (Lipinski definition) is 4. The van der Waals surface area contributed by atoms with Gasteiger partial charge >= 0.3 is 0 Å². The molecule has 0 amide bonds. The van der Waals surface area contributed by atoms with Crippen LogP contribution < -0.4 is 5.32 Å². The Hall–Kier alpha value is -2.57. The number of H-pyrrole nitrogens is 1. The monoisotopic (exact) mass is 379 g/mol. The van der Waals surface area contributed by atoms with Gasteiger partial charge in [-0.2, -0.15) is 5.10 Å². The predicted molar refractivity (Wildman–Crippen MR) is 107 cm³/mol. The van der Waals surface area contributed by atoms with Gasteiger partial charge in [-0.1, -0.05) is 42.5 Å². The molecular formula is C22H26FN5. The molecule has 2 aromatic carbocycles. The third-order valence-corrected chi connectivity index (χ3v) is 5.38. The summed E-state index contributed by atoms with van der Waals surface area (Å²) in [7, 11) is 0. The molecule has 0 unspecified atom stereocenters. The summed E-state index contributed by atoms with van der Waals surface area (Å²) in [4.78, 5) is 6.70. The third kappa shape index (κ3) is 5.03. The summed E-state index contributed by atoms with van der Waals surface area (Å²) < 4.78 is 13.4. The molecule has 2 heterocycles. The summed E-state index contributed by atoms with van der Waals surface area (Å²) in [6.45, 7) is 2.83. The number of nitrogens with one attached hydrogen (secondary N) is 2. The summed E-state index contributed by atoms with van der Waals surface area (Å²) in [5.74, 6) is 0.733. The van der Waals surface area contributed by atoms with Crippen LogP contribution in [0.5, 0.6) is 0 Å². The fourth-order valence-electron chi connectivity index (χ4n) is 3.92. The van der Waals surface area contributed by atoms with Crippen molar-refractivity contribution in [3.05, 3.63) is 83.7 Å². The number of hydrogen-bond donors (Lipinski definition) is 2. The highest BCUT2D eigenvalue weighted by atomic mass is 19.1. The molecular weight excluding hydrogens is 353 g/mol. The number of benzene rings is 2. The molecule has 6 heteroatoms. The van der Waals surface area contributed by atoms with Crippen LogP contribution in [0.4, 0.5) is 4.39 Å². The van der Waals surface area contributed by atoms with Crippen LogP contribution in [0.2, 0.25) is 0 Å². The molecule has 1 saturated heterocycles. The van der Waals surface area contributed by atoms with Crippen LogP contribution in [0.3, 0.4) is 0 Å². The minimum Gasteiger partial charge on any atom is -0.307 e. The third-order valence-electron chi connectivity index (χ3n) is 5.38. The maximum Gasteiger partial charge on any atom is 0.137 e. The van der Waals surface area contributed by atoms with Crippen molar-refractivity contribution < 1.29 is 4.39 Å². The summed E-state index contributed by atoms with van der Waals surface area (Å²) in [6, 6.07) is 18.1. The first-order valence-electron chi connectivity index (χ1n) is 9.88. The molecule has 0 saturated carbocycles. The van der Waals surface area contributed by atoms with Crippen molar-refractivity contribution in [3.8, 4) is 0 Å². The topological polar surface area (TPSA) is 56.8 Å². The molecule has 1 aliphatic heterocycles. The van der Waals surface area contributed by atoms with Gasteiger partial charge in [0, 0.05) is 25.0 Å². The Morgan fingerprint density at radius 2 is 1.93 bits per heavy atom. The van der Waals surface area contributed by atoms with Gasteiger partial charge in [0.05, 0.1) is 0 Å². The van der Waals surface area contributed by atoms with E-state index >= 15 is 0 Å². The molecule has 1 aliphatic rings. The van der Waals surface area contributed by atoms with E-state index in [4.69, 9.17) is 0 Å². The van der Waals surface area contributed by atoms with Gasteiger partial charge in [-0.05, 0) is 49.2 Å². The average Bonchev–Trinajstić information content (AvgIpc) is 3.23. The second kappa shape index (κ2) is 9.08. The highest BCUT2D eigenvalue weighted by Crippen LogP contribution is 2.21. The predicted octanol–water partition coefficient (Wildman–Crippen LogP) is 3.48. The van der Waals surface area contributed by atoms with Crippen LogP contribution in [0.25, 0.3) is 0 Å². The van der Waals surface area contributed by atoms with Crippen molar-refractivity contribution in [3.63, 3.8) is 0 Å². The second-order valence-corrected chi connectivity index (χ2v) is 7.45. The molecule has 146 valence electrons. The summed E-state index contributed by atoms with van der Waals surface area (Å²) in [5.41, 5.74) is 2.31. The lowest BCUT2D eigenvalue weighted by atomic mass is 9.98. The van der Waals surface area contributed by atoms with E-state index in [1.807, 2.05) is 12.1 Å². The number of aromatic amines is 1. The zero-order valence-corrected chi connectivity index (χ0v) is 15.9. The molecule has 28 heavy (non-hydrogen) atoms. The highest BCUT2D eigenvalue weighted by Gasteiger charge is 2.23. The van der Waals surface area contributed by atoms with Crippen molar-refractivity contribution in [2.75, 3.05) is 13.1 Å². The van der Waals surface area contributed by atoms with E-state index in [0.717, 1.165) is 50.3 Å². The van der Waals surface area contributed by atoms with E-state index in [9.17, 15) is 4.39 Å². The quantitative estimate of drug-likeness (QED) is 0.660. The van der Waals surface area contributed by atoms with Gasteiger partial charge in [-0.25, -0.2) is 9.37 Å². The van der Waals surface area contributed by atoms with E-state index < -0.39 is 0 Å². The van der Waals surface area contributed by atoms with Crippen LogP contribution in [0.15, 0.2) is 60.9 Å². The SMILES string of the molecule is Fc1cccc(CN2CCC(N[C@@H](Cc3ncn[nH]3)c3ccccc3)CC2)c1. The Labute approximate surface area is 165 Å². The zero-order chi connectivity index (χ0) is 19.2. The number of likely N-dealkylation sites (tertiary alicyclic amines) is 1. The van der Waals surface area contributed by atoms with E-state index in [1.165, 1.54) is 11.6 Å². The smallest absolute Gasteiger partial charge is 0.137 e. The Morgan fingerprint density at radius 1 is 1.11 bits per heavy atom. The number of nitrogens with zero attached hydrogens (tertiary/aromatic N) is 3. The van der Waals surface area contributed by atoms with Gasteiger partial charge in [0.1, 0.15) is 18.0 Å². The van der Waals surface area contributed by atoms with Gasteiger partial charge < -0.3 is 5.32 Å². The standard InChI is InChI=1S/C22H26FN5/c23-19-8-4-5-17(13-19)15-28-11-9-20(10-12-28)26-21(14-22-24-16-25-27-22)18-6-2-1-3-7-18/h1-8,13,16,20-21,26H,9-12,14-15H2,(H,24,25,27)/t21-/m0/s1. The minimum absolute atomic E-state index is 0.160. The van der Waals surface area contributed by atoms with Crippen molar-refractivity contribution >= 4 is 0 Å². The van der Waals surface area contributed by atoms with Gasteiger partial charge in [0.2, 0.25) is 0 Å². The molecule has 0 aliphatic carbocycles. The van der Waals surface area contributed by atoms with Crippen molar-refractivity contribution in [2.24, 2.45) is 0 Å². The molecule has 1 aromatic heterocycles. The lowest BCUT2D eigenvalue weighted by Crippen LogP contribution is -2.43. The maximum absolute atomic E-state index is 13.4. The number of aromatic nitrogens is 3. The molecule has 0 bridgehead atoms. The Morgan fingerprint density at radius 3 is 2.64 bits per heavy atom. The fraction of sp³-hybridized carbons (Fsp3) is 0.364. The normalized spacial score (nSPS) is 16.9. The minimum atomic E-state index is -0.160. The summed E-state index contributed by atoms with van der Waals surface area (Å²) >= 11 is 0. The molecule has 1 atom stereocenters. The van der Waals surface area contributed by atoms with Gasteiger partial charge in [0.25, 0.3) is 0 Å². The van der Waals surface area contributed by atoms with Crippen molar-refractivity contribution in [1.29, 1.82) is 0 Å². The first-order valence-corrected chi connectivity index (χ1v) is 9.88. The van der Waals surface area contributed by atoms with E-state index in [2.05, 4.69) is 49.7 Å². The summed E-state index contributed by atoms with van der Waals surface area (Å²) in [5, 5.41) is 10.8. The first kappa shape index (κ1) is 18.8. The molecule has 0 radical (unpaired) electrons. The molecule has 2 N–H and O–H groups in total. The van der Waals surface area contributed by atoms with Gasteiger partial charge in [-0.3, -0.25) is 10.00 Å². The van der Waals surface area contributed by atoms with Crippen LogP contribution in [-0.2, 0) is 13.0 Å². The number of halogens is 1. The molecule has 1 fully saturated rings. The molecule has 0 spiro atoms. The Balaban J connectivity index is 1.35. The lowest BCUT2D eigenvalue weighted by Gasteiger charge is -2.34. The number of rotatable bonds is 7. The molecule has 4 rings (SSSR count). The first-order chi connectivity index (χ1) is 13.8. The van der Waals surface area contributed by atoms with Gasteiger partial charge in [-0.15, -0.1) is 0 Å². The zero-order valence-electron chi connectivity index (χ0n) is 15.9. The van der Waals surface area contributed by atoms with Crippen LogP contribution in [0, 0.1) is 5.82 Å². The Bertz CT molecular complexity index is 844. The van der Waals surface area contributed by atoms with E-state index in [0.29, 0.717) is 6.04 Å². The Kier molecular flexibility index (Phi) is 6.09. The van der Waals surface area contributed by atoms with E-state index in [-0.39, 0.29) is 11.9 Å². The highest BCUT2D eigenvalue weighted by molar-refractivity contribution is 5.20. The molecule has 5 nitrogen and oxygen atoms in total.